The van der Waals surface area contributed by atoms with E-state index in [1.54, 1.807) is 12.1 Å². The van der Waals surface area contributed by atoms with Gasteiger partial charge in [0.1, 0.15) is 5.82 Å². The van der Waals surface area contributed by atoms with Crippen molar-refractivity contribution in [1.82, 2.24) is 4.57 Å². The van der Waals surface area contributed by atoms with Gasteiger partial charge in [0, 0.05) is 42.3 Å². The van der Waals surface area contributed by atoms with Gasteiger partial charge >= 0.3 is 0 Å². The number of hydrogen-bond acceptors (Lipinski definition) is 2. The van der Waals surface area contributed by atoms with Crippen LogP contribution in [-0.2, 0) is 0 Å². The van der Waals surface area contributed by atoms with Gasteiger partial charge in [-0.15, -0.1) is 11.3 Å². The summed E-state index contributed by atoms with van der Waals surface area (Å²) in [6.45, 7) is 0. The highest BCUT2D eigenvalue weighted by Gasteiger charge is 2.22. The predicted octanol–water partition coefficient (Wildman–Crippen LogP) is 13.6. The molecule has 0 fully saturated rings. The highest BCUT2D eigenvalue weighted by Crippen LogP contribution is 2.44. The monoisotopic (exact) mass is 660 g/mol. The van der Waals surface area contributed by atoms with Gasteiger partial charge in [-0.05, 0) is 76.5 Å². The second-order valence-corrected chi connectivity index (χ2v) is 13.7. The van der Waals surface area contributed by atoms with Crippen LogP contribution in [0.5, 0.6) is 0 Å². The third kappa shape index (κ3) is 4.46. The molecule has 0 saturated heterocycles. The maximum absolute atomic E-state index is 15.9. The minimum Gasteiger partial charge on any atom is -0.308 e. The second kappa shape index (κ2) is 11.4. The Morgan fingerprint density at radius 3 is 2.08 bits per heavy atom. The molecular formula is C46H29FN2S. The molecule has 0 amide bonds. The Hall–Kier alpha value is -6.23. The largest absolute Gasteiger partial charge is 0.308 e. The molecule has 50 heavy (non-hydrogen) atoms. The number of rotatable bonds is 5. The van der Waals surface area contributed by atoms with Crippen LogP contribution in [0.2, 0.25) is 0 Å². The number of anilines is 3. The highest BCUT2D eigenvalue weighted by atomic mass is 32.1. The molecular weight excluding hydrogens is 632 g/mol. The molecule has 0 saturated carbocycles. The summed E-state index contributed by atoms with van der Waals surface area (Å²) in [5, 5.41) is 6.84. The van der Waals surface area contributed by atoms with Crippen molar-refractivity contribution >= 4 is 81.1 Å². The summed E-state index contributed by atoms with van der Waals surface area (Å²) in [7, 11) is 0. The van der Waals surface area contributed by atoms with Gasteiger partial charge in [-0.3, -0.25) is 0 Å². The Morgan fingerprint density at radius 1 is 0.500 bits per heavy atom. The summed E-state index contributed by atoms with van der Waals surface area (Å²) in [6, 6.07) is 61.0. The van der Waals surface area contributed by atoms with Gasteiger partial charge in [0.05, 0.1) is 22.4 Å². The zero-order chi connectivity index (χ0) is 33.2. The zero-order valence-corrected chi connectivity index (χ0v) is 27.7. The van der Waals surface area contributed by atoms with E-state index < -0.39 is 0 Å². The van der Waals surface area contributed by atoms with Crippen molar-refractivity contribution in [1.29, 1.82) is 0 Å². The van der Waals surface area contributed by atoms with Gasteiger partial charge in [0.2, 0.25) is 0 Å². The molecule has 0 aliphatic carbocycles. The van der Waals surface area contributed by atoms with Crippen molar-refractivity contribution in [3.8, 4) is 16.8 Å². The molecule has 0 atom stereocenters. The summed E-state index contributed by atoms with van der Waals surface area (Å²) >= 11 is 1.85. The van der Waals surface area contributed by atoms with Crippen LogP contribution in [0.15, 0.2) is 176 Å². The lowest BCUT2D eigenvalue weighted by Gasteiger charge is -2.29. The number of hydrogen-bond donors (Lipinski definition) is 0. The first-order valence-electron chi connectivity index (χ1n) is 16.8. The summed E-state index contributed by atoms with van der Waals surface area (Å²) in [5.74, 6) is -0.245. The molecule has 2 heterocycles. The minimum atomic E-state index is -0.245. The number of nitrogens with zero attached hydrogens (tertiary/aromatic N) is 2. The van der Waals surface area contributed by atoms with E-state index >= 15 is 4.39 Å². The SMILES string of the molecule is Fc1cccc2c3ccccc3n(-c3ccccc3N(c3ccc(-c4cccc5c4sc4ccccc45)cc3)c3ccc4ccccc4c3)c12. The maximum atomic E-state index is 15.9. The third-order valence-electron chi connectivity index (χ3n) is 9.84. The molecule has 0 unspecified atom stereocenters. The quantitative estimate of drug-likeness (QED) is 0.178. The fraction of sp³-hybridized carbons (Fsp3) is 0. The fourth-order valence-corrected chi connectivity index (χ4v) is 8.82. The summed E-state index contributed by atoms with van der Waals surface area (Å²) < 4.78 is 20.6. The van der Waals surface area contributed by atoms with Crippen molar-refractivity contribution in [2.75, 3.05) is 4.90 Å². The first-order valence-corrected chi connectivity index (χ1v) is 17.6. The Bertz CT molecular complexity index is 2900. The van der Waals surface area contributed by atoms with E-state index in [1.807, 2.05) is 35.6 Å². The van der Waals surface area contributed by atoms with Crippen LogP contribution in [0.4, 0.5) is 21.5 Å². The zero-order valence-electron chi connectivity index (χ0n) is 26.9. The maximum Gasteiger partial charge on any atom is 0.147 e. The first kappa shape index (κ1) is 28.8. The lowest BCUT2D eigenvalue weighted by atomic mass is 10.0. The Labute approximate surface area is 292 Å². The lowest BCUT2D eigenvalue weighted by Crippen LogP contribution is -2.13. The van der Waals surface area contributed by atoms with Crippen molar-refractivity contribution in [2.45, 2.75) is 0 Å². The number of para-hydroxylation sites is 4. The van der Waals surface area contributed by atoms with Crippen LogP contribution >= 0.6 is 11.3 Å². The molecule has 2 nitrogen and oxygen atoms in total. The summed E-state index contributed by atoms with van der Waals surface area (Å²) in [6.07, 6.45) is 0. The normalized spacial score (nSPS) is 11.7. The lowest BCUT2D eigenvalue weighted by molar-refractivity contribution is 0.635. The van der Waals surface area contributed by atoms with Crippen LogP contribution in [0.25, 0.3) is 69.6 Å². The molecule has 0 aliphatic rings. The van der Waals surface area contributed by atoms with Gasteiger partial charge < -0.3 is 9.47 Å². The third-order valence-corrected chi connectivity index (χ3v) is 11.1. The fourth-order valence-electron chi connectivity index (χ4n) is 7.58. The Balaban J connectivity index is 1.19. The second-order valence-electron chi connectivity index (χ2n) is 12.7. The van der Waals surface area contributed by atoms with E-state index in [9.17, 15) is 0 Å². The van der Waals surface area contributed by atoms with Crippen molar-refractivity contribution in [2.24, 2.45) is 0 Å². The molecule has 0 aliphatic heterocycles. The molecule has 8 aromatic carbocycles. The topological polar surface area (TPSA) is 8.17 Å². The van der Waals surface area contributed by atoms with Crippen LogP contribution in [0, 0.1) is 5.82 Å². The first-order chi connectivity index (χ1) is 24.7. The molecule has 10 aromatic rings. The number of halogens is 1. The van der Waals surface area contributed by atoms with Crippen molar-refractivity contribution in [3.63, 3.8) is 0 Å². The molecule has 0 bridgehead atoms. The number of benzene rings is 8. The molecule has 2 aromatic heterocycles. The molecule has 0 spiro atoms. The van der Waals surface area contributed by atoms with E-state index in [1.165, 1.54) is 36.7 Å². The van der Waals surface area contributed by atoms with Gasteiger partial charge in [0.25, 0.3) is 0 Å². The van der Waals surface area contributed by atoms with Crippen LogP contribution < -0.4 is 4.90 Å². The van der Waals surface area contributed by atoms with Gasteiger partial charge in [-0.1, -0.05) is 121 Å². The van der Waals surface area contributed by atoms with Gasteiger partial charge in [-0.2, -0.15) is 0 Å². The van der Waals surface area contributed by atoms with Gasteiger partial charge in [0.15, 0.2) is 0 Å². The van der Waals surface area contributed by atoms with E-state index in [2.05, 4.69) is 149 Å². The Morgan fingerprint density at radius 2 is 1.18 bits per heavy atom. The van der Waals surface area contributed by atoms with E-state index in [0.29, 0.717) is 5.52 Å². The average molecular weight is 661 g/mol. The molecule has 0 N–H and O–H groups in total. The molecule has 0 radical (unpaired) electrons. The molecule has 4 heteroatoms. The number of aromatic nitrogens is 1. The molecule has 10 rings (SSSR count). The number of thiophene rings is 1. The Kier molecular flexibility index (Phi) is 6.58. The van der Waals surface area contributed by atoms with Gasteiger partial charge in [-0.25, -0.2) is 4.39 Å². The summed E-state index contributed by atoms with van der Waals surface area (Å²) in [5.41, 5.74) is 7.83. The smallest absolute Gasteiger partial charge is 0.147 e. The van der Waals surface area contributed by atoms with E-state index in [-0.39, 0.29) is 5.82 Å². The van der Waals surface area contributed by atoms with E-state index in [0.717, 1.165) is 44.4 Å². The van der Waals surface area contributed by atoms with Crippen LogP contribution in [0.1, 0.15) is 0 Å². The number of fused-ring (bicyclic) bond motifs is 7. The highest BCUT2D eigenvalue weighted by molar-refractivity contribution is 7.26. The van der Waals surface area contributed by atoms with Crippen molar-refractivity contribution in [3.05, 3.63) is 182 Å². The van der Waals surface area contributed by atoms with Crippen LogP contribution in [-0.4, -0.2) is 4.57 Å². The average Bonchev–Trinajstić information content (AvgIpc) is 3.72. The minimum absolute atomic E-state index is 0.245. The molecule has 236 valence electrons. The predicted molar refractivity (Wildman–Crippen MR) is 211 cm³/mol. The van der Waals surface area contributed by atoms with E-state index in [4.69, 9.17) is 0 Å². The van der Waals surface area contributed by atoms with Crippen LogP contribution in [0.3, 0.4) is 0 Å². The summed E-state index contributed by atoms with van der Waals surface area (Å²) in [4.78, 5) is 2.30. The standard InChI is InChI=1S/C46H29FN2S/c47-40-18-10-16-38-36-13-3-5-19-41(36)49(45(38)40)43-21-7-6-20-42(43)48(34-28-23-30-11-1-2-12-32(30)29-34)33-26-24-31(25-27-33)35-15-9-17-39-37-14-4-8-22-44(37)50-46(35)39/h1-29H. The van der Waals surface area contributed by atoms with Crippen molar-refractivity contribution < 1.29 is 4.39 Å².